The molecule has 0 heterocycles. The molecule has 22 heavy (non-hydrogen) atoms. The molecular weight excluding hydrogens is 389 g/mol. The minimum atomic E-state index is 0. The molecular formula is C17H26IN3O. The van der Waals surface area contributed by atoms with Crippen molar-refractivity contribution >= 4 is 35.6 Å². The first-order valence-electron chi connectivity index (χ1n) is 7.92. The Morgan fingerprint density at radius 3 is 2.82 bits per heavy atom. The number of guanidine groups is 1. The summed E-state index contributed by atoms with van der Waals surface area (Å²) in [7, 11) is 0. The summed E-state index contributed by atoms with van der Waals surface area (Å²) in [5, 5.41) is 3.20. The maximum atomic E-state index is 6.08. The van der Waals surface area contributed by atoms with Crippen LogP contribution in [0.3, 0.4) is 0 Å². The highest BCUT2D eigenvalue weighted by Gasteiger charge is 2.59. The fourth-order valence-electron chi connectivity index (χ4n) is 3.65. The molecule has 5 heteroatoms. The van der Waals surface area contributed by atoms with Crippen molar-refractivity contribution in [3.05, 3.63) is 29.8 Å². The number of halogens is 1. The van der Waals surface area contributed by atoms with Crippen LogP contribution in [-0.4, -0.2) is 24.7 Å². The minimum Gasteiger partial charge on any atom is -0.378 e. The summed E-state index contributed by atoms with van der Waals surface area (Å²) in [5.41, 5.74) is 8.57. The third-order valence-electron chi connectivity index (χ3n) is 4.98. The fourth-order valence-corrected chi connectivity index (χ4v) is 3.65. The van der Waals surface area contributed by atoms with E-state index in [2.05, 4.69) is 31.3 Å². The molecule has 0 saturated heterocycles. The Bertz CT molecular complexity index is 542. The number of anilines is 1. The Hall–Kier alpha value is -0.820. The van der Waals surface area contributed by atoms with E-state index in [-0.39, 0.29) is 29.4 Å². The second kappa shape index (κ2) is 7.17. The average molecular weight is 415 g/mol. The Labute approximate surface area is 149 Å². The van der Waals surface area contributed by atoms with Gasteiger partial charge in [0.15, 0.2) is 5.96 Å². The van der Waals surface area contributed by atoms with Crippen LogP contribution in [0.2, 0.25) is 0 Å². The lowest BCUT2D eigenvalue weighted by Gasteiger charge is -2.59. The van der Waals surface area contributed by atoms with Gasteiger partial charge in [-0.05, 0) is 50.8 Å². The van der Waals surface area contributed by atoms with E-state index in [0.29, 0.717) is 18.1 Å². The van der Waals surface area contributed by atoms with Crippen molar-refractivity contribution in [2.75, 3.05) is 11.9 Å². The molecule has 2 aliphatic carbocycles. The van der Waals surface area contributed by atoms with Gasteiger partial charge < -0.3 is 15.8 Å². The first-order valence-corrected chi connectivity index (χ1v) is 7.92. The molecule has 0 amide bonds. The van der Waals surface area contributed by atoms with Crippen molar-refractivity contribution in [1.29, 1.82) is 0 Å². The highest BCUT2D eigenvalue weighted by atomic mass is 127. The molecule has 0 radical (unpaired) electrons. The van der Waals surface area contributed by atoms with Gasteiger partial charge in [0.25, 0.3) is 0 Å². The van der Waals surface area contributed by atoms with Crippen LogP contribution in [0.4, 0.5) is 5.69 Å². The highest BCUT2D eigenvalue weighted by molar-refractivity contribution is 14.0. The highest BCUT2D eigenvalue weighted by Crippen LogP contribution is 2.58. The van der Waals surface area contributed by atoms with Crippen LogP contribution >= 0.6 is 24.0 Å². The number of aliphatic imine (C=N–C) groups is 1. The van der Waals surface area contributed by atoms with Crippen LogP contribution in [0.15, 0.2) is 29.3 Å². The van der Waals surface area contributed by atoms with Crippen LogP contribution in [-0.2, 0) is 4.74 Å². The Balaban J connectivity index is 0.00000176. The zero-order chi connectivity index (χ0) is 14.9. The second-order valence-corrected chi connectivity index (χ2v) is 6.29. The zero-order valence-electron chi connectivity index (χ0n) is 13.3. The fraction of sp³-hybridized carbons (Fsp3) is 0.588. The molecule has 0 aliphatic heterocycles. The van der Waals surface area contributed by atoms with Crippen molar-refractivity contribution in [3.63, 3.8) is 0 Å². The summed E-state index contributed by atoms with van der Waals surface area (Å²) in [6.45, 7) is 4.93. The predicted molar refractivity (Wildman–Crippen MR) is 102 cm³/mol. The monoisotopic (exact) mass is 415 g/mol. The topological polar surface area (TPSA) is 59.6 Å². The minimum absolute atomic E-state index is 0. The van der Waals surface area contributed by atoms with E-state index < -0.39 is 0 Å². The van der Waals surface area contributed by atoms with Crippen molar-refractivity contribution in [1.82, 2.24) is 0 Å². The number of aryl methyl sites for hydroxylation is 1. The van der Waals surface area contributed by atoms with Gasteiger partial charge in [0.2, 0.25) is 0 Å². The molecule has 4 nitrogen and oxygen atoms in total. The van der Waals surface area contributed by atoms with Crippen LogP contribution in [0.1, 0.15) is 38.2 Å². The van der Waals surface area contributed by atoms with Crippen LogP contribution in [0, 0.1) is 12.3 Å². The summed E-state index contributed by atoms with van der Waals surface area (Å²) in [4.78, 5) is 4.72. The smallest absolute Gasteiger partial charge is 0.193 e. The third kappa shape index (κ3) is 3.25. The molecule has 1 spiro atoms. The first kappa shape index (κ1) is 17.5. The van der Waals surface area contributed by atoms with Crippen LogP contribution in [0.5, 0.6) is 0 Å². The van der Waals surface area contributed by atoms with Gasteiger partial charge >= 0.3 is 0 Å². The molecule has 3 N–H and O–H groups in total. The SMILES string of the molecule is CCOC1CC(N=C(N)Nc2cccc(C)c2)C12CCC2.I. The van der Waals surface area contributed by atoms with Crippen molar-refractivity contribution in [3.8, 4) is 0 Å². The second-order valence-electron chi connectivity index (χ2n) is 6.29. The van der Waals surface area contributed by atoms with Crippen LogP contribution in [0.25, 0.3) is 0 Å². The average Bonchev–Trinajstić information content (AvgIpc) is 2.35. The summed E-state index contributed by atoms with van der Waals surface area (Å²) >= 11 is 0. The van der Waals surface area contributed by atoms with E-state index in [1.165, 1.54) is 24.8 Å². The van der Waals surface area contributed by atoms with Gasteiger partial charge in [-0.15, -0.1) is 24.0 Å². The molecule has 2 saturated carbocycles. The van der Waals surface area contributed by atoms with E-state index in [9.17, 15) is 0 Å². The van der Waals surface area contributed by atoms with Crippen molar-refractivity contribution in [2.45, 2.75) is 51.7 Å². The summed E-state index contributed by atoms with van der Waals surface area (Å²) in [6, 6.07) is 8.50. The summed E-state index contributed by atoms with van der Waals surface area (Å²) < 4.78 is 5.85. The van der Waals surface area contributed by atoms with E-state index >= 15 is 0 Å². The van der Waals surface area contributed by atoms with Crippen molar-refractivity contribution < 1.29 is 4.74 Å². The van der Waals surface area contributed by atoms with E-state index in [4.69, 9.17) is 15.5 Å². The maximum Gasteiger partial charge on any atom is 0.193 e. The number of nitrogens with zero attached hydrogens (tertiary/aromatic N) is 1. The lowest BCUT2D eigenvalue weighted by atomic mass is 9.51. The first-order chi connectivity index (χ1) is 10.1. The molecule has 2 unspecified atom stereocenters. The Kier molecular flexibility index (Phi) is 5.71. The van der Waals surface area contributed by atoms with Gasteiger partial charge in [-0.3, -0.25) is 0 Å². The molecule has 1 aromatic carbocycles. The largest absolute Gasteiger partial charge is 0.378 e. The number of hydrogen-bond acceptors (Lipinski definition) is 2. The Morgan fingerprint density at radius 1 is 1.45 bits per heavy atom. The third-order valence-corrected chi connectivity index (χ3v) is 4.98. The van der Waals surface area contributed by atoms with Gasteiger partial charge in [-0.1, -0.05) is 18.6 Å². The number of benzene rings is 1. The Morgan fingerprint density at radius 2 is 2.23 bits per heavy atom. The molecule has 2 aliphatic rings. The molecule has 3 rings (SSSR count). The van der Waals surface area contributed by atoms with E-state index in [1.807, 2.05) is 12.1 Å². The predicted octanol–water partition coefficient (Wildman–Crippen LogP) is 3.69. The lowest BCUT2D eigenvalue weighted by molar-refractivity contribution is -0.162. The molecule has 0 bridgehead atoms. The van der Waals surface area contributed by atoms with Gasteiger partial charge in [-0.2, -0.15) is 0 Å². The quantitative estimate of drug-likeness (QED) is 0.448. The van der Waals surface area contributed by atoms with Crippen LogP contribution < -0.4 is 11.1 Å². The van der Waals surface area contributed by atoms with E-state index in [0.717, 1.165) is 18.7 Å². The number of nitrogens with one attached hydrogen (secondary N) is 1. The van der Waals surface area contributed by atoms with Gasteiger partial charge in [0.05, 0.1) is 12.1 Å². The number of rotatable bonds is 4. The maximum absolute atomic E-state index is 6.08. The van der Waals surface area contributed by atoms with Gasteiger partial charge in [0, 0.05) is 17.7 Å². The molecule has 1 aromatic rings. The summed E-state index contributed by atoms with van der Waals surface area (Å²) in [5.74, 6) is 0.520. The van der Waals surface area contributed by atoms with Gasteiger partial charge in [0.1, 0.15) is 0 Å². The molecule has 0 aromatic heterocycles. The molecule has 122 valence electrons. The summed E-state index contributed by atoms with van der Waals surface area (Å²) in [6.07, 6.45) is 5.13. The van der Waals surface area contributed by atoms with E-state index in [1.54, 1.807) is 0 Å². The number of nitrogens with two attached hydrogens (primary N) is 1. The molecule has 2 fully saturated rings. The van der Waals surface area contributed by atoms with Crippen molar-refractivity contribution in [2.24, 2.45) is 16.1 Å². The number of ether oxygens (including phenoxy) is 1. The number of hydrogen-bond donors (Lipinski definition) is 2. The zero-order valence-corrected chi connectivity index (χ0v) is 15.7. The standard InChI is InChI=1S/C17H25N3O.HI/c1-3-21-15-11-14(17(15)8-5-9-17)20-16(18)19-13-7-4-6-12(2)10-13;/h4,6-7,10,14-15H,3,5,8-9,11H2,1-2H3,(H3,18,19,20);1H. The van der Waals surface area contributed by atoms with Gasteiger partial charge in [-0.25, -0.2) is 4.99 Å². The normalized spacial score (nSPS) is 25.8. The lowest BCUT2D eigenvalue weighted by Crippen LogP contribution is -2.61. The molecule has 2 atom stereocenters.